The first kappa shape index (κ1) is 58.1. The Morgan fingerprint density at radius 3 is 1.07 bits per heavy atom. The van der Waals surface area contributed by atoms with Crippen molar-refractivity contribution in [2.45, 2.75) is 294 Å². The van der Waals surface area contributed by atoms with Gasteiger partial charge in [0.05, 0.1) is 24.7 Å². The van der Waals surface area contributed by atoms with Crippen molar-refractivity contribution < 1.29 is 20.1 Å². The van der Waals surface area contributed by atoms with Crippen molar-refractivity contribution in [2.24, 2.45) is 34.6 Å². The molecular weight excluding hydrogens is 737 g/mol. The maximum atomic E-state index is 12.1. The summed E-state index contributed by atoms with van der Waals surface area (Å²) >= 11 is 0. The van der Waals surface area contributed by atoms with Crippen LogP contribution in [0.3, 0.4) is 0 Å². The summed E-state index contributed by atoms with van der Waals surface area (Å²) < 4.78 is 0. The second-order valence-corrected chi connectivity index (χ2v) is 19.2. The van der Waals surface area contributed by atoms with Gasteiger partial charge in [0, 0.05) is 43.2 Å². The molecule has 0 aromatic rings. The molecule has 0 saturated carbocycles. The summed E-state index contributed by atoms with van der Waals surface area (Å²) in [5.41, 5.74) is 31.4. The Kier molecular flexibility index (Phi) is 40.6. The number of hydrogen-bond acceptors (Lipinski definition) is 9. The van der Waals surface area contributed by atoms with E-state index in [9.17, 15) is 20.1 Å². The zero-order valence-corrected chi connectivity index (χ0v) is 39.3. The predicted octanol–water partition coefficient (Wildman–Crippen LogP) is 9.15. The monoisotopic (exact) mass is 841 g/mol. The molecule has 0 aliphatic rings. The number of nitrogens with two attached hydrogens (primary N) is 5. The Balaban J connectivity index is 3.51. The summed E-state index contributed by atoms with van der Waals surface area (Å²) in [4.78, 5) is 12.1. The zero-order chi connectivity index (χ0) is 43.9. The van der Waals surface area contributed by atoms with Crippen molar-refractivity contribution in [1.82, 2.24) is 5.32 Å². The fourth-order valence-corrected chi connectivity index (χ4v) is 8.35. The van der Waals surface area contributed by atoms with Crippen LogP contribution in [0.4, 0.5) is 0 Å². The van der Waals surface area contributed by atoms with E-state index in [1.54, 1.807) is 0 Å². The molecule has 10 heteroatoms. The van der Waals surface area contributed by atoms with Gasteiger partial charge < -0.3 is 49.3 Å². The number of carbonyl (C=O) groups excluding carboxylic acids is 1. The number of carbonyl (C=O) groups is 1. The highest BCUT2D eigenvalue weighted by atomic mass is 16.3. The van der Waals surface area contributed by atoms with E-state index in [0.29, 0.717) is 37.1 Å². The number of hydrogen-bond donors (Lipinski definition) is 9. The van der Waals surface area contributed by atoms with Gasteiger partial charge in [-0.05, 0) is 70.1 Å². The molecule has 0 bridgehead atoms. The lowest BCUT2D eigenvalue weighted by Crippen LogP contribution is -2.41. The maximum Gasteiger partial charge on any atom is 0.222 e. The zero-order valence-electron chi connectivity index (χ0n) is 39.3. The van der Waals surface area contributed by atoms with Crippen LogP contribution in [-0.2, 0) is 4.79 Å². The van der Waals surface area contributed by atoms with Crippen LogP contribution >= 0.6 is 0 Å². The summed E-state index contributed by atoms with van der Waals surface area (Å²) in [7, 11) is 0. The van der Waals surface area contributed by atoms with E-state index in [2.05, 4.69) is 12.2 Å². The van der Waals surface area contributed by atoms with E-state index in [4.69, 9.17) is 28.7 Å². The molecule has 0 aromatic carbocycles. The van der Waals surface area contributed by atoms with E-state index in [0.717, 1.165) is 44.9 Å². The quantitative estimate of drug-likeness (QED) is 0.0267. The number of amides is 1. The molecule has 14 N–H and O–H groups in total. The second kappa shape index (κ2) is 41.2. The van der Waals surface area contributed by atoms with Gasteiger partial charge in [0.1, 0.15) is 0 Å². The fraction of sp³-hybridized carbons (Fsp3) is 0.980. The van der Waals surface area contributed by atoms with Crippen LogP contribution in [0.1, 0.15) is 245 Å². The van der Waals surface area contributed by atoms with E-state index in [-0.39, 0.29) is 24.7 Å². The number of aliphatic hydroxyl groups excluding tert-OH is 3. The Bertz CT molecular complexity index is 901. The van der Waals surface area contributed by atoms with E-state index < -0.39 is 24.4 Å². The molecule has 0 aliphatic heterocycles. The normalized spacial score (nSPS) is 16.1. The van der Waals surface area contributed by atoms with E-state index in [1.807, 2.05) is 13.8 Å². The summed E-state index contributed by atoms with van der Waals surface area (Å²) in [6.07, 6.45) is 37.1. The summed E-state index contributed by atoms with van der Waals surface area (Å²) in [5.74, 6) is -0.183. The largest absolute Gasteiger partial charge is 0.393 e. The molecule has 0 heterocycles. The van der Waals surface area contributed by atoms with Crippen LogP contribution in [0.5, 0.6) is 0 Å². The minimum absolute atomic E-state index is 0.0764. The smallest absolute Gasteiger partial charge is 0.222 e. The number of aliphatic hydroxyl groups is 3. The molecule has 0 saturated heterocycles. The third-order valence-electron chi connectivity index (χ3n) is 12.7. The van der Waals surface area contributed by atoms with Gasteiger partial charge in [-0.25, -0.2) is 0 Å². The highest BCUT2D eigenvalue weighted by Gasteiger charge is 2.23. The first-order valence-corrected chi connectivity index (χ1v) is 25.4. The molecule has 0 rings (SSSR count). The lowest BCUT2D eigenvalue weighted by Gasteiger charge is -2.24. The average molecular weight is 841 g/mol. The number of nitrogens with one attached hydrogen (secondary N) is 1. The molecule has 0 aliphatic carbocycles. The first-order valence-electron chi connectivity index (χ1n) is 25.4. The first-order chi connectivity index (χ1) is 28.3. The van der Waals surface area contributed by atoms with Gasteiger partial charge in [0.25, 0.3) is 0 Å². The molecular formula is C49H104N6O4. The van der Waals surface area contributed by atoms with E-state index in [1.165, 1.54) is 161 Å². The van der Waals surface area contributed by atoms with Crippen LogP contribution < -0.4 is 34.0 Å². The topological polar surface area (TPSA) is 220 Å². The lowest BCUT2D eigenvalue weighted by atomic mass is 9.95. The summed E-state index contributed by atoms with van der Waals surface area (Å²) in [6.45, 7) is 6.46. The van der Waals surface area contributed by atoms with Gasteiger partial charge in [-0.3, -0.25) is 4.79 Å². The average Bonchev–Trinajstić information content (AvgIpc) is 3.18. The van der Waals surface area contributed by atoms with Crippen LogP contribution in [-0.4, -0.2) is 76.3 Å². The van der Waals surface area contributed by atoms with Gasteiger partial charge in [0.15, 0.2) is 0 Å². The lowest BCUT2D eigenvalue weighted by molar-refractivity contribution is -0.123. The minimum Gasteiger partial charge on any atom is -0.393 e. The SMILES string of the molecule is CCCCCC(N)CCCCCCCC(N)CCCCCCCC(N)CCCCCCCC(N)CCCCCCCC(O)CCNC(=O)CC(O)CC(O)[C@@H](N)C(C)C. The molecule has 10 nitrogen and oxygen atoms in total. The van der Waals surface area contributed by atoms with Crippen molar-refractivity contribution in [3.8, 4) is 0 Å². The molecule has 354 valence electrons. The predicted molar refractivity (Wildman–Crippen MR) is 253 cm³/mol. The third kappa shape index (κ3) is 39.7. The van der Waals surface area contributed by atoms with Gasteiger partial charge in [-0.2, -0.15) is 0 Å². The van der Waals surface area contributed by atoms with Gasteiger partial charge in [0.2, 0.25) is 5.91 Å². The highest BCUT2D eigenvalue weighted by Crippen LogP contribution is 2.18. The van der Waals surface area contributed by atoms with Crippen LogP contribution in [0.15, 0.2) is 0 Å². The van der Waals surface area contributed by atoms with E-state index >= 15 is 0 Å². The summed E-state index contributed by atoms with van der Waals surface area (Å²) in [5, 5.41) is 33.2. The molecule has 0 spiro atoms. The highest BCUT2D eigenvalue weighted by molar-refractivity contribution is 5.76. The van der Waals surface area contributed by atoms with Crippen LogP contribution in [0.25, 0.3) is 0 Å². The maximum absolute atomic E-state index is 12.1. The molecule has 8 atom stereocenters. The fourth-order valence-electron chi connectivity index (χ4n) is 8.35. The Morgan fingerprint density at radius 2 is 0.746 bits per heavy atom. The van der Waals surface area contributed by atoms with Crippen molar-refractivity contribution in [3.05, 3.63) is 0 Å². The molecule has 0 fully saturated rings. The Hall–Kier alpha value is -0.850. The molecule has 0 aromatic heterocycles. The molecule has 1 amide bonds. The van der Waals surface area contributed by atoms with Crippen molar-refractivity contribution in [3.63, 3.8) is 0 Å². The standard InChI is InChI=1S/C49H104N6O4/c1-4-5-18-27-41(50)28-19-10-6-11-20-29-42(51)30-21-12-7-13-22-31-43(52)32-23-14-8-15-24-33-44(53)34-25-16-9-17-26-35-45(56)36-37-55-48(59)39-46(57)38-47(58)49(54)40(2)3/h40-47,49,56-58H,4-39,50-54H2,1-3H3,(H,55,59)/t41?,42?,43?,44?,45?,46?,47?,49-/m0/s1. The van der Waals surface area contributed by atoms with Crippen LogP contribution in [0.2, 0.25) is 0 Å². The Morgan fingerprint density at radius 1 is 0.441 bits per heavy atom. The number of unbranched alkanes of at least 4 members (excludes halogenated alkanes) is 18. The van der Waals surface area contributed by atoms with Gasteiger partial charge in [-0.1, -0.05) is 168 Å². The van der Waals surface area contributed by atoms with Crippen molar-refractivity contribution in [1.29, 1.82) is 0 Å². The van der Waals surface area contributed by atoms with Crippen molar-refractivity contribution in [2.75, 3.05) is 6.54 Å². The summed E-state index contributed by atoms with van der Waals surface area (Å²) in [6, 6.07) is 1.03. The van der Waals surface area contributed by atoms with Gasteiger partial charge >= 0.3 is 0 Å². The molecule has 59 heavy (non-hydrogen) atoms. The Labute approximate surface area is 365 Å². The van der Waals surface area contributed by atoms with Crippen LogP contribution in [0, 0.1) is 5.92 Å². The van der Waals surface area contributed by atoms with Gasteiger partial charge in [-0.15, -0.1) is 0 Å². The number of rotatable bonds is 45. The third-order valence-corrected chi connectivity index (χ3v) is 12.7. The molecule has 7 unspecified atom stereocenters. The minimum atomic E-state index is -0.937. The second-order valence-electron chi connectivity index (χ2n) is 19.2. The molecule has 0 radical (unpaired) electrons. The van der Waals surface area contributed by atoms with Crippen molar-refractivity contribution >= 4 is 5.91 Å².